The molecular weight excluding hydrogens is 374 g/mol. The number of pyridine rings is 1. The zero-order chi connectivity index (χ0) is 20.3. The van der Waals surface area contributed by atoms with Gasteiger partial charge < -0.3 is 15.4 Å². The van der Waals surface area contributed by atoms with Crippen LogP contribution >= 0.6 is 0 Å². The highest BCUT2D eigenvalue weighted by Gasteiger charge is 2.26. The van der Waals surface area contributed by atoms with Gasteiger partial charge >= 0.3 is 0 Å². The molecule has 146 valence electrons. The summed E-state index contributed by atoms with van der Waals surface area (Å²) in [6.07, 6.45) is 3.50. The predicted molar refractivity (Wildman–Crippen MR) is 119 cm³/mol. The van der Waals surface area contributed by atoms with Crippen LogP contribution in [0.4, 0.5) is 11.4 Å². The Hall–Kier alpha value is -4.12. The second kappa shape index (κ2) is 7.72. The molecule has 1 amide bonds. The molecule has 1 aromatic heterocycles. The molecule has 0 radical (unpaired) electrons. The maximum absolute atomic E-state index is 12.5. The van der Waals surface area contributed by atoms with Crippen molar-refractivity contribution in [2.75, 3.05) is 10.6 Å². The number of hydrogen-bond donors (Lipinski definition) is 2. The van der Waals surface area contributed by atoms with Gasteiger partial charge in [-0.25, -0.2) is 0 Å². The maximum atomic E-state index is 12.5. The molecule has 0 atom stereocenters. The van der Waals surface area contributed by atoms with E-state index >= 15 is 0 Å². The Morgan fingerprint density at radius 2 is 1.77 bits per heavy atom. The minimum absolute atomic E-state index is 0.128. The van der Waals surface area contributed by atoms with Crippen LogP contribution < -0.4 is 15.4 Å². The van der Waals surface area contributed by atoms with Crippen LogP contribution in [0.25, 0.3) is 16.5 Å². The summed E-state index contributed by atoms with van der Waals surface area (Å²) in [4.78, 5) is 16.9. The maximum Gasteiger partial charge on any atom is 0.257 e. The second-order valence-corrected chi connectivity index (χ2v) is 7.01. The number of nitrogens with zero attached hydrogens (tertiary/aromatic N) is 1. The normalized spacial score (nSPS) is 13.9. The Labute approximate surface area is 174 Å². The first-order chi connectivity index (χ1) is 14.8. The molecule has 5 rings (SSSR count). The van der Waals surface area contributed by atoms with Gasteiger partial charge in [-0.1, -0.05) is 36.4 Å². The van der Waals surface area contributed by atoms with Crippen LogP contribution in [0.2, 0.25) is 0 Å². The molecule has 2 heterocycles. The molecule has 0 aliphatic carbocycles. The number of anilines is 2. The fourth-order valence-corrected chi connectivity index (χ4v) is 3.53. The van der Waals surface area contributed by atoms with E-state index in [9.17, 15) is 4.79 Å². The highest BCUT2D eigenvalue weighted by Crippen LogP contribution is 2.37. The predicted octanol–water partition coefficient (Wildman–Crippen LogP) is 5.22. The SMILES string of the molecule is O=C1Nc2ccc3ncccc3c2/C1=C/Nc1ccc(OCc2ccccc2)cc1. The highest BCUT2D eigenvalue weighted by atomic mass is 16.5. The van der Waals surface area contributed by atoms with E-state index in [1.807, 2.05) is 78.9 Å². The van der Waals surface area contributed by atoms with Crippen LogP contribution in [0.1, 0.15) is 11.1 Å². The largest absolute Gasteiger partial charge is 0.489 e. The van der Waals surface area contributed by atoms with E-state index in [1.165, 1.54) is 0 Å². The van der Waals surface area contributed by atoms with E-state index in [1.54, 1.807) is 12.4 Å². The Morgan fingerprint density at radius 3 is 2.60 bits per heavy atom. The van der Waals surface area contributed by atoms with Crippen LogP contribution in [-0.4, -0.2) is 10.9 Å². The molecule has 5 heteroatoms. The van der Waals surface area contributed by atoms with Gasteiger partial charge in [-0.3, -0.25) is 9.78 Å². The first-order valence-electron chi connectivity index (χ1n) is 9.71. The summed E-state index contributed by atoms with van der Waals surface area (Å²) in [5.74, 6) is 0.662. The zero-order valence-corrected chi connectivity index (χ0v) is 16.1. The molecule has 0 saturated carbocycles. The molecule has 3 aromatic carbocycles. The number of benzene rings is 3. The van der Waals surface area contributed by atoms with Crippen molar-refractivity contribution in [3.05, 3.63) is 102 Å². The van der Waals surface area contributed by atoms with Crippen LogP contribution in [0, 0.1) is 0 Å². The summed E-state index contributed by atoms with van der Waals surface area (Å²) in [6.45, 7) is 0.524. The summed E-state index contributed by atoms with van der Waals surface area (Å²) in [5.41, 5.74) is 5.12. The van der Waals surface area contributed by atoms with Gasteiger partial charge in [0.05, 0.1) is 11.1 Å². The van der Waals surface area contributed by atoms with E-state index in [4.69, 9.17) is 4.74 Å². The lowest BCUT2D eigenvalue weighted by Gasteiger charge is -2.08. The first kappa shape index (κ1) is 17.9. The van der Waals surface area contributed by atoms with Crippen LogP contribution in [0.5, 0.6) is 5.75 Å². The fourth-order valence-electron chi connectivity index (χ4n) is 3.53. The minimum atomic E-state index is -0.128. The van der Waals surface area contributed by atoms with Crippen molar-refractivity contribution < 1.29 is 9.53 Å². The van der Waals surface area contributed by atoms with Crippen molar-refractivity contribution in [3.63, 3.8) is 0 Å². The first-order valence-corrected chi connectivity index (χ1v) is 9.71. The smallest absolute Gasteiger partial charge is 0.257 e. The molecule has 2 N–H and O–H groups in total. The van der Waals surface area contributed by atoms with Gasteiger partial charge in [0.15, 0.2) is 0 Å². The monoisotopic (exact) mass is 393 g/mol. The summed E-state index contributed by atoms with van der Waals surface area (Å²) in [7, 11) is 0. The average Bonchev–Trinajstić information content (AvgIpc) is 3.13. The van der Waals surface area contributed by atoms with Crippen LogP contribution in [-0.2, 0) is 11.4 Å². The standard InChI is InChI=1S/C25H19N3O2/c29-25-21(24-20-7-4-14-26-22(20)12-13-23(24)28-25)15-27-18-8-10-19(11-9-18)30-16-17-5-2-1-3-6-17/h1-15,27H,16H2,(H,28,29)/b21-15-. The van der Waals surface area contributed by atoms with E-state index in [0.717, 1.165) is 39.2 Å². The molecular formula is C25H19N3O2. The third-order valence-corrected chi connectivity index (χ3v) is 5.03. The van der Waals surface area contributed by atoms with Gasteiger partial charge in [0.2, 0.25) is 0 Å². The number of carbonyl (C=O) groups is 1. The number of rotatable bonds is 5. The number of aromatic nitrogens is 1. The van der Waals surface area contributed by atoms with E-state index in [-0.39, 0.29) is 5.91 Å². The second-order valence-electron chi connectivity index (χ2n) is 7.01. The van der Waals surface area contributed by atoms with Gasteiger partial charge in [-0.15, -0.1) is 0 Å². The number of amides is 1. The molecule has 0 saturated heterocycles. The number of carbonyl (C=O) groups excluding carboxylic acids is 1. The topological polar surface area (TPSA) is 63.2 Å². The molecule has 1 aliphatic rings. The van der Waals surface area contributed by atoms with Gasteiger partial charge in [0, 0.05) is 34.7 Å². The number of ether oxygens (including phenoxy) is 1. The van der Waals surface area contributed by atoms with Gasteiger partial charge in [0.25, 0.3) is 5.91 Å². The lowest BCUT2D eigenvalue weighted by atomic mass is 10.0. The molecule has 30 heavy (non-hydrogen) atoms. The molecule has 4 aromatic rings. The summed E-state index contributed by atoms with van der Waals surface area (Å²) in [5, 5.41) is 7.10. The van der Waals surface area contributed by atoms with Crippen molar-refractivity contribution in [1.82, 2.24) is 4.98 Å². The van der Waals surface area contributed by atoms with Crippen LogP contribution in [0.3, 0.4) is 0 Å². The number of hydrogen-bond acceptors (Lipinski definition) is 4. The average molecular weight is 393 g/mol. The van der Waals surface area contributed by atoms with Crippen molar-refractivity contribution in [3.8, 4) is 5.75 Å². The van der Waals surface area contributed by atoms with Crippen molar-refractivity contribution in [2.45, 2.75) is 6.61 Å². The summed E-state index contributed by atoms with van der Waals surface area (Å²) >= 11 is 0. The lowest BCUT2D eigenvalue weighted by Crippen LogP contribution is -2.05. The summed E-state index contributed by atoms with van der Waals surface area (Å²) in [6, 6.07) is 25.4. The molecule has 0 fully saturated rings. The van der Waals surface area contributed by atoms with Crippen molar-refractivity contribution in [1.29, 1.82) is 0 Å². The Kier molecular flexibility index (Phi) is 4.62. The molecule has 0 spiro atoms. The molecule has 0 bridgehead atoms. The van der Waals surface area contributed by atoms with E-state index in [2.05, 4.69) is 15.6 Å². The quantitative estimate of drug-likeness (QED) is 0.457. The Morgan fingerprint density at radius 1 is 0.933 bits per heavy atom. The molecule has 5 nitrogen and oxygen atoms in total. The van der Waals surface area contributed by atoms with E-state index < -0.39 is 0 Å². The number of nitrogens with one attached hydrogen (secondary N) is 2. The Bertz CT molecular complexity index is 1250. The third kappa shape index (κ3) is 3.49. The molecule has 1 aliphatic heterocycles. The minimum Gasteiger partial charge on any atom is -0.489 e. The van der Waals surface area contributed by atoms with Crippen molar-refractivity contribution >= 4 is 33.8 Å². The van der Waals surface area contributed by atoms with Crippen LogP contribution in [0.15, 0.2) is 91.3 Å². The molecule has 0 unspecified atom stereocenters. The lowest BCUT2D eigenvalue weighted by molar-refractivity contribution is -0.110. The Balaban J connectivity index is 1.34. The van der Waals surface area contributed by atoms with Gasteiger partial charge in [-0.05, 0) is 48.0 Å². The zero-order valence-electron chi connectivity index (χ0n) is 16.1. The van der Waals surface area contributed by atoms with E-state index in [0.29, 0.717) is 12.2 Å². The van der Waals surface area contributed by atoms with Gasteiger partial charge in [0.1, 0.15) is 12.4 Å². The fraction of sp³-hybridized carbons (Fsp3) is 0.0400. The van der Waals surface area contributed by atoms with Gasteiger partial charge in [-0.2, -0.15) is 0 Å². The summed E-state index contributed by atoms with van der Waals surface area (Å²) < 4.78 is 5.82. The third-order valence-electron chi connectivity index (χ3n) is 5.03. The number of fused-ring (bicyclic) bond motifs is 3. The highest BCUT2D eigenvalue weighted by molar-refractivity contribution is 6.34. The van der Waals surface area contributed by atoms with Crippen molar-refractivity contribution in [2.24, 2.45) is 0 Å².